The van der Waals surface area contributed by atoms with Crippen LogP contribution < -0.4 is 4.90 Å². The molecule has 0 aliphatic carbocycles. The Morgan fingerprint density at radius 2 is 1.86 bits per heavy atom. The number of nitrogens with zero attached hydrogens (tertiary/aromatic N) is 4. The van der Waals surface area contributed by atoms with Crippen LogP contribution in [0.1, 0.15) is 23.1 Å². The Morgan fingerprint density at radius 1 is 1.07 bits per heavy atom. The van der Waals surface area contributed by atoms with Crippen LogP contribution in [0.5, 0.6) is 0 Å². The standard InChI is InChI=1S/C22H27N5O/c1-16-6-3-4-8-19(16)27-12-10-26(11-13-27)15-20(28)21-17(2)24-22(25-21)18-7-5-9-23-14-18/h3-9,14,20,28H,10-13,15H2,1-2H3,(H,24,25). The van der Waals surface area contributed by atoms with Crippen molar-refractivity contribution < 1.29 is 5.11 Å². The van der Waals surface area contributed by atoms with Gasteiger partial charge in [0.15, 0.2) is 0 Å². The maximum Gasteiger partial charge on any atom is 0.139 e. The maximum atomic E-state index is 10.8. The third kappa shape index (κ3) is 3.93. The normalized spacial score (nSPS) is 16.3. The number of piperazine rings is 1. The molecule has 0 spiro atoms. The fourth-order valence-corrected chi connectivity index (χ4v) is 3.86. The van der Waals surface area contributed by atoms with Gasteiger partial charge in [0.2, 0.25) is 0 Å². The van der Waals surface area contributed by atoms with Crippen LogP contribution >= 0.6 is 0 Å². The molecule has 6 nitrogen and oxygen atoms in total. The smallest absolute Gasteiger partial charge is 0.139 e. The van der Waals surface area contributed by atoms with Crippen molar-refractivity contribution in [3.05, 3.63) is 65.7 Å². The molecule has 3 aromatic rings. The first-order valence-electron chi connectivity index (χ1n) is 9.79. The fourth-order valence-electron chi connectivity index (χ4n) is 3.86. The van der Waals surface area contributed by atoms with Gasteiger partial charge in [-0.3, -0.25) is 9.88 Å². The number of aromatic amines is 1. The molecule has 1 atom stereocenters. The fraction of sp³-hybridized carbons (Fsp3) is 0.364. The van der Waals surface area contributed by atoms with Crippen LogP contribution in [-0.4, -0.2) is 57.7 Å². The third-order valence-electron chi connectivity index (χ3n) is 5.43. The molecule has 2 aromatic heterocycles. The first kappa shape index (κ1) is 18.7. The molecule has 0 radical (unpaired) electrons. The highest BCUT2D eigenvalue weighted by Gasteiger charge is 2.23. The first-order valence-corrected chi connectivity index (χ1v) is 9.79. The zero-order chi connectivity index (χ0) is 19.5. The van der Waals surface area contributed by atoms with Gasteiger partial charge in [-0.25, -0.2) is 4.98 Å². The lowest BCUT2D eigenvalue weighted by atomic mass is 10.1. The van der Waals surface area contributed by atoms with Gasteiger partial charge in [0.05, 0.1) is 5.69 Å². The van der Waals surface area contributed by atoms with Crippen molar-refractivity contribution >= 4 is 5.69 Å². The minimum Gasteiger partial charge on any atom is -0.385 e. The van der Waals surface area contributed by atoms with E-state index >= 15 is 0 Å². The number of aliphatic hydroxyl groups excluding tert-OH is 1. The Bertz CT molecular complexity index is 916. The van der Waals surface area contributed by atoms with Crippen LogP contribution in [0, 0.1) is 13.8 Å². The number of benzene rings is 1. The monoisotopic (exact) mass is 377 g/mol. The summed E-state index contributed by atoms with van der Waals surface area (Å²) in [6.07, 6.45) is 2.91. The number of H-pyrrole nitrogens is 1. The summed E-state index contributed by atoms with van der Waals surface area (Å²) in [7, 11) is 0. The summed E-state index contributed by atoms with van der Waals surface area (Å²) in [5.41, 5.74) is 5.18. The van der Waals surface area contributed by atoms with Crippen molar-refractivity contribution in [2.45, 2.75) is 20.0 Å². The lowest BCUT2D eigenvalue weighted by Gasteiger charge is -2.37. The Balaban J connectivity index is 1.38. The van der Waals surface area contributed by atoms with Crippen molar-refractivity contribution in [2.75, 3.05) is 37.6 Å². The van der Waals surface area contributed by atoms with E-state index in [4.69, 9.17) is 0 Å². The molecule has 1 aliphatic rings. The third-order valence-corrected chi connectivity index (χ3v) is 5.43. The van der Waals surface area contributed by atoms with Gasteiger partial charge < -0.3 is 15.0 Å². The van der Waals surface area contributed by atoms with Gasteiger partial charge in [0.25, 0.3) is 0 Å². The average molecular weight is 377 g/mol. The van der Waals surface area contributed by atoms with Crippen molar-refractivity contribution in [2.24, 2.45) is 0 Å². The van der Waals surface area contributed by atoms with Crippen molar-refractivity contribution in [3.63, 3.8) is 0 Å². The van der Waals surface area contributed by atoms with Gasteiger partial charge in [0, 0.05) is 62.1 Å². The topological polar surface area (TPSA) is 68.3 Å². The minimum atomic E-state index is -0.605. The highest BCUT2D eigenvalue weighted by Crippen LogP contribution is 2.24. The number of β-amino-alcohol motifs (C(OH)–C–C–N with tert-alkyl or cyclic N) is 1. The van der Waals surface area contributed by atoms with Crippen molar-refractivity contribution in [1.29, 1.82) is 0 Å². The van der Waals surface area contributed by atoms with E-state index in [1.165, 1.54) is 11.3 Å². The number of imidazole rings is 1. The average Bonchev–Trinajstić information content (AvgIpc) is 3.12. The van der Waals surface area contributed by atoms with E-state index in [0.29, 0.717) is 6.54 Å². The summed E-state index contributed by atoms with van der Waals surface area (Å²) in [6, 6.07) is 12.4. The molecule has 1 aliphatic heterocycles. The van der Waals surface area contributed by atoms with E-state index in [1.54, 1.807) is 12.4 Å². The number of aliphatic hydroxyl groups is 1. The van der Waals surface area contributed by atoms with Gasteiger partial charge in [0.1, 0.15) is 11.9 Å². The number of anilines is 1. The molecule has 0 bridgehead atoms. The van der Waals surface area contributed by atoms with Gasteiger partial charge >= 0.3 is 0 Å². The number of aromatic nitrogens is 3. The molecule has 1 aromatic carbocycles. The molecule has 2 N–H and O–H groups in total. The Morgan fingerprint density at radius 3 is 2.57 bits per heavy atom. The van der Waals surface area contributed by atoms with E-state index in [9.17, 15) is 5.11 Å². The number of hydrogen-bond acceptors (Lipinski definition) is 5. The summed E-state index contributed by atoms with van der Waals surface area (Å²) >= 11 is 0. The van der Waals surface area contributed by atoms with Gasteiger partial charge in [-0.05, 0) is 37.6 Å². The minimum absolute atomic E-state index is 0.597. The molecule has 28 heavy (non-hydrogen) atoms. The molecule has 0 saturated carbocycles. The van der Waals surface area contributed by atoms with Crippen LogP contribution in [-0.2, 0) is 0 Å². The summed E-state index contributed by atoms with van der Waals surface area (Å²) in [6.45, 7) is 8.53. The second-order valence-corrected chi connectivity index (χ2v) is 7.43. The van der Waals surface area contributed by atoms with Gasteiger partial charge in [-0.2, -0.15) is 0 Å². The van der Waals surface area contributed by atoms with Crippen LogP contribution in [0.3, 0.4) is 0 Å². The Labute approximate surface area is 165 Å². The van der Waals surface area contributed by atoms with Gasteiger partial charge in [-0.15, -0.1) is 0 Å². The Hall–Kier alpha value is -2.70. The predicted octanol–water partition coefficient (Wildman–Crippen LogP) is 2.94. The van der Waals surface area contributed by atoms with E-state index in [2.05, 4.69) is 55.9 Å². The number of pyridine rings is 1. The van der Waals surface area contributed by atoms with Crippen molar-refractivity contribution in [1.82, 2.24) is 19.9 Å². The molecule has 4 rings (SSSR count). The second-order valence-electron chi connectivity index (χ2n) is 7.43. The number of para-hydroxylation sites is 1. The SMILES string of the molecule is Cc1ccccc1N1CCN(CC(O)c2nc(-c3cccnc3)[nH]c2C)CC1. The largest absolute Gasteiger partial charge is 0.385 e. The molecular weight excluding hydrogens is 350 g/mol. The predicted molar refractivity (Wildman–Crippen MR) is 111 cm³/mol. The molecule has 0 amide bonds. The summed E-state index contributed by atoms with van der Waals surface area (Å²) < 4.78 is 0. The second kappa shape index (κ2) is 8.12. The molecule has 3 heterocycles. The summed E-state index contributed by atoms with van der Waals surface area (Å²) in [4.78, 5) is 16.8. The Kier molecular flexibility index (Phi) is 5.41. The van der Waals surface area contributed by atoms with Crippen molar-refractivity contribution in [3.8, 4) is 11.4 Å². The quantitative estimate of drug-likeness (QED) is 0.716. The van der Waals surface area contributed by atoms with E-state index < -0.39 is 6.10 Å². The summed E-state index contributed by atoms with van der Waals surface area (Å²) in [5.74, 6) is 0.754. The molecule has 1 fully saturated rings. The summed E-state index contributed by atoms with van der Waals surface area (Å²) in [5, 5.41) is 10.8. The molecular formula is C22H27N5O. The number of rotatable bonds is 5. The molecule has 146 valence electrons. The highest BCUT2D eigenvalue weighted by molar-refractivity contribution is 5.54. The molecule has 1 unspecified atom stereocenters. The number of aryl methyl sites for hydroxylation is 2. The van der Waals surface area contributed by atoms with Crippen LogP contribution in [0.4, 0.5) is 5.69 Å². The zero-order valence-corrected chi connectivity index (χ0v) is 16.5. The van der Waals surface area contributed by atoms with Crippen LogP contribution in [0.15, 0.2) is 48.8 Å². The van der Waals surface area contributed by atoms with Gasteiger partial charge in [-0.1, -0.05) is 18.2 Å². The first-order chi connectivity index (χ1) is 13.6. The lowest BCUT2D eigenvalue weighted by molar-refractivity contribution is 0.106. The zero-order valence-electron chi connectivity index (χ0n) is 16.5. The van der Waals surface area contributed by atoms with Crippen LogP contribution in [0.2, 0.25) is 0 Å². The van der Waals surface area contributed by atoms with Crippen LogP contribution in [0.25, 0.3) is 11.4 Å². The highest BCUT2D eigenvalue weighted by atomic mass is 16.3. The van der Waals surface area contributed by atoms with E-state index in [0.717, 1.165) is 49.0 Å². The molecule has 6 heteroatoms. The van der Waals surface area contributed by atoms with E-state index in [-0.39, 0.29) is 0 Å². The number of hydrogen-bond donors (Lipinski definition) is 2. The molecule has 1 saturated heterocycles. The maximum absolute atomic E-state index is 10.8. The number of nitrogens with one attached hydrogen (secondary N) is 1. The lowest BCUT2D eigenvalue weighted by Crippen LogP contribution is -2.47. The van der Waals surface area contributed by atoms with E-state index in [1.807, 2.05) is 19.1 Å².